The van der Waals surface area contributed by atoms with Crippen molar-refractivity contribution < 1.29 is 4.79 Å². The summed E-state index contributed by atoms with van der Waals surface area (Å²) < 4.78 is 0. The molecule has 5 nitrogen and oxygen atoms in total. The molecule has 0 bridgehead atoms. The van der Waals surface area contributed by atoms with Gasteiger partial charge in [-0.3, -0.25) is 4.79 Å². The van der Waals surface area contributed by atoms with Crippen LogP contribution in [0.1, 0.15) is 30.3 Å². The Hall–Kier alpha value is -1.65. The number of hydrogen-bond donors (Lipinski definition) is 2. The standard InChI is InChI=1S/C9H14N4O/c1-2-3-5-11-9-12-6-4-7(13-9)8(10)14/h4,6H,2-3,5H2,1H3,(H2,10,14)(H,11,12,13). The van der Waals surface area contributed by atoms with E-state index in [4.69, 9.17) is 5.73 Å². The first-order valence-electron chi connectivity index (χ1n) is 4.60. The second kappa shape index (κ2) is 5.16. The van der Waals surface area contributed by atoms with E-state index in [9.17, 15) is 4.79 Å². The predicted octanol–water partition coefficient (Wildman–Crippen LogP) is 0.788. The Kier molecular flexibility index (Phi) is 3.84. The van der Waals surface area contributed by atoms with Crippen LogP contribution in [-0.2, 0) is 0 Å². The highest BCUT2D eigenvalue weighted by Crippen LogP contribution is 2.00. The van der Waals surface area contributed by atoms with Gasteiger partial charge in [0.2, 0.25) is 5.95 Å². The van der Waals surface area contributed by atoms with E-state index in [1.807, 2.05) is 0 Å². The van der Waals surface area contributed by atoms with Gasteiger partial charge in [-0.25, -0.2) is 9.97 Å². The first-order chi connectivity index (χ1) is 6.74. The van der Waals surface area contributed by atoms with Crippen LogP contribution < -0.4 is 11.1 Å². The first kappa shape index (κ1) is 10.4. The topological polar surface area (TPSA) is 80.9 Å². The van der Waals surface area contributed by atoms with E-state index in [-0.39, 0.29) is 5.69 Å². The van der Waals surface area contributed by atoms with Gasteiger partial charge in [-0.15, -0.1) is 0 Å². The number of amides is 1. The Morgan fingerprint density at radius 1 is 1.64 bits per heavy atom. The monoisotopic (exact) mass is 194 g/mol. The van der Waals surface area contributed by atoms with Gasteiger partial charge in [0, 0.05) is 12.7 Å². The van der Waals surface area contributed by atoms with Crippen LogP contribution >= 0.6 is 0 Å². The Bertz CT molecular complexity index is 313. The molecule has 0 aliphatic heterocycles. The molecule has 0 radical (unpaired) electrons. The Balaban J connectivity index is 2.59. The maximum atomic E-state index is 10.8. The summed E-state index contributed by atoms with van der Waals surface area (Å²) in [5.74, 6) is -0.0827. The van der Waals surface area contributed by atoms with Crippen molar-refractivity contribution in [2.75, 3.05) is 11.9 Å². The number of nitrogens with one attached hydrogen (secondary N) is 1. The lowest BCUT2D eigenvalue weighted by Gasteiger charge is -2.03. The van der Waals surface area contributed by atoms with Crippen LogP contribution in [0.15, 0.2) is 12.3 Å². The minimum Gasteiger partial charge on any atom is -0.364 e. The highest BCUT2D eigenvalue weighted by molar-refractivity contribution is 5.90. The molecule has 5 heteroatoms. The van der Waals surface area contributed by atoms with Gasteiger partial charge in [0.25, 0.3) is 5.91 Å². The predicted molar refractivity (Wildman–Crippen MR) is 53.9 cm³/mol. The fourth-order valence-corrected chi connectivity index (χ4v) is 0.958. The van der Waals surface area contributed by atoms with Gasteiger partial charge >= 0.3 is 0 Å². The summed E-state index contributed by atoms with van der Waals surface area (Å²) in [4.78, 5) is 18.7. The van der Waals surface area contributed by atoms with E-state index in [0.717, 1.165) is 19.4 Å². The number of anilines is 1. The summed E-state index contributed by atoms with van der Waals surface area (Å²) in [7, 11) is 0. The number of hydrogen-bond acceptors (Lipinski definition) is 4. The first-order valence-corrected chi connectivity index (χ1v) is 4.60. The second-order valence-corrected chi connectivity index (χ2v) is 2.91. The molecule has 1 aromatic rings. The molecule has 0 aromatic carbocycles. The third-order valence-electron chi connectivity index (χ3n) is 1.72. The molecule has 1 heterocycles. The summed E-state index contributed by atoms with van der Waals surface area (Å²) in [6.07, 6.45) is 3.66. The Morgan fingerprint density at radius 3 is 3.07 bits per heavy atom. The maximum Gasteiger partial charge on any atom is 0.267 e. The molecule has 0 saturated heterocycles. The largest absolute Gasteiger partial charge is 0.364 e. The van der Waals surface area contributed by atoms with Crippen LogP contribution in [0.25, 0.3) is 0 Å². The van der Waals surface area contributed by atoms with Crippen molar-refractivity contribution in [3.63, 3.8) is 0 Å². The van der Waals surface area contributed by atoms with Gasteiger partial charge in [-0.1, -0.05) is 13.3 Å². The molecule has 14 heavy (non-hydrogen) atoms. The SMILES string of the molecule is CCCCNc1nccc(C(N)=O)n1. The molecule has 0 aliphatic rings. The second-order valence-electron chi connectivity index (χ2n) is 2.91. The minimum absolute atomic E-state index is 0.235. The van der Waals surface area contributed by atoms with Crippen LogP contribution in [-0.4, -0.2) is 22.4 Å². The van der Waals surface area contributed by atoms with E-state index in [2.05, 4.69) is 22.2 Å². The summed E-state index contributed by atoms with van der Waals surface area (Å²) in [6.45, 7) is 2.90. The van der Waals surface area contributed by atoms with Crippen molar-refractivity contribution in [2.24, 2.45) is 5.73 Å². The van der Waals surface area contributed by atoms with E-state index in [0.29, 0.717) is 5.95 Å². The molecule has 1 aromatic heterocycles. The van der Waals surface area contributed by atoms with Crippen LogP contribution in [0, 0.1) is 0 Å². The molecule has 0 aliphatic carbocycles. The average Bonchev–Trinajstić information content (AvgIpc) is 2.19. The van der Waals surface area contributed by atoms with Crippen LogP contribution in [0.5, 0.6) is 0 Å². The lowest BCUT2D eigenvalue weighted by atomic mass is 10.3. The molecule has 0 saturated carbocycles. The molecule has 0 atom stereocenters. The zero-order valence-corrected chi connectivity index (χ0v) is 8.16. The van der Waals surface area contributed by atoms with Crippen LogP contribution in [0.4, 0.5) is 5.95 Å². The third-order valence-corrected chi connectivity index (χ3v) is 1.72. The summed E-state index contributed by atoms with van der Waals surface area (Å²) >= 11 is 0. The Labute approximate surface area is 82.7 Å². The normalized spacial score (nSPS) is 9.79. The fourth-order valence-electron chi connectivity index (χ4n) is 0.958. The molecule has 1 rings (SSSR count). The number of aromatic nitrogens is 2. The Morgan fingerprint density at radius 2 is 2.43 bits per heavy atom. The van der Waals surface area contributed by atoms with E-state index >= 15 is 0 Å². The van der Waals surface area contributed by atoms with Crippen LogP contribution in [0.3, 0.4) is 0 Å². The molecule has 0 unspecified atom stereocenters. The smallest absolute Gasteiger partial charge is 0.267 e. The zero-order chi connectivity index (χ0) is 10.4. The van der Waals surface area contributed by atoms with Gasteiger partial charge in [0.15, 0.2) is 0 Å². The number of nitrogens with two attached hydrogens (primary N) is 1. The fraction of sp³-hybridized carbons (Fsp3) is 0.444. The highest BCUT2D eigenvalue weighted by Gasteiger charge is 2.02. The van der Waals surface area contributed by atoms with Gasteiger partial charge in [-0.05, 0) is 12.5 Å². The molecule has 0 spiro atoms. The molecular formula is C9H14N4O. The van der Waals surface area contributed by atoms with E-state index < -0.39 is 5.91 Å². The number of rotatable bonds is 5. The van der Waals surface area contributed by atoms with Crippen molar-refractivity contribution >= 4 is 11.9 Å². The summed E-state index contributed by atoms with van der Waals surface area (Å²) in [5, 5.41) is 3.01. The van der Waals surface area contributed by atoms with E-state index in [1.54, 1.807) is 0 Å². The van der Waals surface area contributed by atoms with Gasteiger partial charge in [-0.2, -0.15) is 0 Å². The summed E-state index contributed by atoms with van der Waals surface area (Å²) in [5.41, 5.74) is 5.32. The number of carbonyl (C=O) groups excluding carboxylic acids is 1. The van der Waals surface area contributed by atoms with Crippen molar-refractivity contribution in [3.05, 3.63) is 18.0 Å². The van der Waals surface area contributed by atoms with Gasteiger partial charge in [0.05, 0.1) is 0 Å². The molecule has 0 fully saturated rings. The lowest BCUT2D eigenvalue weighted by Crippen LogP contribution is -2.15. The maximum absolute atomic E-state index is 10.8. The molecule has 1 amide bonds. The number of unbranched alkanes of at least 4 members (excludes halogenated alkanes) is 1. The zero-order valence-electron chi connectivity index (χ0n) is 8.16. The summed E-state index contributed by atoms with van der Waals surface area (Å²) in [6, 6.07) is 1.49. The van der Waals surface area contributed by atoms with Crippen molar-refractivity contribution in [1.29, 1.82) is 0 Å². The number of primary amides is 1. The van der Waals surface area contributed by atoms with Crippen molar-refractivity contribution in [3.8, 4) is 0 Å². The van der Waals surface area contributed by atoms with E-state index in [1.165, 1.54) is 12.3 Å². The highest BCUT2D eigenvalue weighted by atomic mass is 16.1. The number of nitrogens with zero attached hydrogens (tertiary/aromatic N) is 2. The van der Waals surface area contributed by atoms with Crippen LogP contribution in [0.2, 0.25) is 0 Å². The lowest BCUT2D eigenvalue weighted by molar-refractivity contribution is 0.0995. The molecular weight excluding hydrogens is 180 g/mol. The van der Waals surface area contributed by atoms with Crippen molar-refractivity contribution in [2.45, 2.75) is 19.8 Å². The molecule has 76 valence electrons. The van der Waals surface area contributed by atoms with Gasteiger partial charge < -0.3 is 11.1 Å². The third kappa shape index (κ3) is 3.01. The molecule has 3 N–H and O–H groups in total. The van der Waals surface area contributed by atoms with Crippen molar-refractivity contribution in [1.82, 2.24) is 9.97 Å². The quantitative estimate of drug-likeness (QED) is 0.679. The van der Waals surface area contributed by atoms with Gasteiger partial charge in [0.1, 0.15) is 5.69 Å². The minimum atomic E-state index is -0.536. The average molecular weight is 194 g/mol. The number of carbonyl (C=O) groups is 1.